The van der Waals surface area contributed by atoms with E-state index in [0.717, 1.165) is 31.0 Å². The summed E-state index contributed by atoms with van der Waals surface area (Å²) in [4.78, 5) is 24.9. The molecule has 2 saturated heterocycles. The van der Waals surface area contributed by atoms with Crippen LogP contribution in [0.15, 0.2) is 36.9 Å². The Labute approximate surface area is 238 Å². The molecule has 0 aliphatic carbocycles. The van der Waals surface area contributed by atoms with Crippen molar-refractivity contribution in [1.82, 2.24) is 14.8 Å². The van der Waals surface area contributed by atoms with E-state index in [1.807, 2.05) is 14.0 Å². The van der Waals surface area contributed by atoms with E-state index >= 15 is 0 Å². The monoisotopic (exact) mass is 568 g/mol. The van der Waals surface area contributed by atoms with Gasteiger partial charge in [-0.25, -0.2) is 4.98 Å². The predicted molar refractivity (Wildman–Crippen MR) is 150 cm³/mol. The molecule has 0 saturated carbocycles. The van der Waals surface area contributed by atoms with Crippen molar-refractivity contribution in [3.05, 3.63) is 59.3 Å². The van der Waals surface area contributed by atoms with Crippen molar-refractivity contribution in [2.45, 2.75) is 51.0 Å². The van der Waals surface area contributed by atoms with Gasteiger partial charge in [-0.2, -0.15) is 18.4 Å². The summed E-state index contributed by atoms with van der Waals surface area (Å²) in [6, 6.07) is 8.01. The van der Waals surface area contributed by atoms with Crippen LogP contribution in [0.5, 0.6) is 5.88 Å². The highest BCUT2D eigenvalue weighted by Gasteiger charge is 2.38. The van der Waals surface area contributed by atoms with Crippen LogP contribution in [0.1, 0.15) is 42.1 Å². The first kappa shape index (κ1) is 28.7. The van der Waals surface area contributed by atoms with Gasteiger partial charge in [0.05, 0.1) is 23.5 Å². The second-order valence-corrected chi connectivity index (χ2v) is 11.0. The molecule has 41 heavy (non-hydrogen) atoms. The Kier molecular flexibility index (Phi) is 8.13. The van der Waals surface area contributed by atoms with Crippen molar-refractivity contribution in [3.63, 3.8) is 0 Å². The molecule has 1 amide bonds. The second kappa shape index (κ2) is 11.6. The number of aromatic nitrogens is 1. The van der Waals surface area contributed by atoms with Gasteiger partial charge in [0, 0.05) is 49.5 Å². The highest BCUT2D eigenvalue weighted by atomic mass is 19.4. The first-order valence-electron chi connectivity index (χ1n) is 14.0. The van der Waals surface area contributed by atoms with Gasteiger partial charge < -0.3 is 24.3 Å². The standard InChI is InChI=1S/C30H35F3N6O2/c1-4-27(40)38-14-15-39(20(2)17-38)28-22-11-13-37(26-10-6-5-9-24(26)30(31,32)33)18-25(22)35-29(23(28)16-34)41-19-21-8-7-12-36(21)3/h4-6,9-10,20-21H,1,7-8,11-15,17-19H2,2-3H3. The van der Waals surface area contributed by atoms with Crippen LogP contribution in [0.3, 0.4) is 0 Å². The molecule has 0 bridgehead atoms. The first-order valence-corrected chi connectivity index (χ1v) is 14.0. The van der Waals surface area contributed by atoms with Crippen LogP contribution in [0.4, 0.5) is 24.5 Å². The third kappa shape index (κ3) is 5.71. The van der Waals surface area contributed by atoms with Crippen LogP contribution in [0, 0.1) is 11.3 Å². The number of likely N-dealkylation sites (tertiary alicyclic amines) is 1. The zero-order chi connectivity index (χ0) is 29.3. The highest BCUT2D eigenvalue weighted by Crippen LogP contribution is 2.41. The number of likely N-dealkylation sites (N-methyl/N-ethyl adjacent to an activating group) is 1. The fraction of sp³-hybridized carbons (Fsp3) is 0.500. The normalized spacial score (nSPS) is 21.4. The number of rotatable bonds is 6. The number of anilines is 2. The Morgan fingerprint density at radius 2 is 2.02 bits per heavy atom. The van der Waals surface area contributed by atoms with E-state index in [-0.39, 0.29) is 36.1 Å². The number of carbonyl (C=O) groups is 1. The average Bonchev–Trinajstić information content (AvgIpc) is 3.38. The Hall–Kier alpha value is -3.78. The lowest BCUT2D eigenvalue weighted by Gasteiger charge is -2.43. The number of carbonyl (C=O) groups excluding carboxylic acids is 1. The second-order valence-electron chi connectivity index (χ2n) is 11.0. The fourth-order valence-corrected chi connectivity index (χ4v) is 6.24. The van der Waals surface area contributed by atoms with Crippen LogP contribution in [0.2, 0.25) is 0 Å². The van der Waals surface area contributed by atoms with Crippen LogP contribution >= 0.6 is 0 Å². The number of pyridine rings is 1. The smallest absolute Gasteiger partial charge is 0.418 e. The number of ether oxygens (including phenoxy) is 1. The lowest BCUT2D eigenvalue weighted by Crippen LogP contribution is -2.54. The van der Waals surface area contributed by atoms with E-state index in [1.165, 1.54) is 18.2 Å². The molecule has 3 aliphatic heterocycles. The van der Waals surface area contributed by atoms with Gasteiger partial charge in [0.15, 0.2) is 0 Å². The fourth-order valence-electron chi connectivity index (χ4n) is 6.24. The van der Waals surface area contributed by atoms with Gasteiger partial charge in [0.1, 0.15) is 18.2 Å². The Balaban J connectivity index is 1.54. The van der Waals surface area contributed by atoms with Crippen LogP contribution in [-0.2, 0) is 23.9 Å². The number of halogens is 3. The molecule has 2 aromatic rings. The molecular weight excluding hydrogens is 533 g/mol. The first-order chi connectivity index (χ1) is 19.6. The zero-order valence-corrected chi connectivity index (χ0v) is 23.5. The number of alkyl halides is 3. The van der Waals surface area contributed by atoms with E-state index in [2.05, 4.69) is 22.4 Å². The molecule has 218 valence electrons. The van der Waals surface area contributed by atoms with Gasteiger partial charge in [-0.3, -0.25) is 4.79 Å². The molecule has 0 spiro atoms. The number of amides is 1. The third-order valence-electron chi connectivity index (χ3n) is 8.44. The topological polar surface area (TPSA) is 75.9 Å². The average molecular weight is 569 g/mol. The summed E-state index contributed by atoms with van der Waals surface area (Å²) in [6.45, 7) is 8.86. The summed E-state index contributed by atoms with van der Waals surface area (Å²) in [5, 5.41) is 10.4. The van der Waals surface area contributed by atoms with Crippen molar-refractivity contribution in [2.24, 2.45) is 0 Å². The van der Waals surface area contributed by atoms with Crippen LogP contribution < -0.4 is 14.5 Å². The van der Waals surface area contributed by atoms with Gasteiger partial charge in [-0.1, -0.05) is 18.7 Å². The number of hydrogen-bond acceptors (Lipinski definition) is 7. The molecule has 0 radical (unpaired) electrons. The molecule has 1 aromatic carbocycles. The molecule has 4 heterocycles. The molecule has 3 aliphatic rings. The number of nitrogens with zero attached hydrogens (tertiary/aromatic N) is 6. The predicted octanol–water partition coefficient (Wildman–Crippen LogP) is 4.23. The molecule has 2 unspecified atom stereocenters. The maximum absolute atomic E-state index is 13.9. The minimum atomic E-state index is -4.49. The largest absolute Gasteiger partial charge is 0.475 e. The summed E-state index contributed by atoms with van der Waals surface area (Å²) >= 11 is 0. The number of piperazine rings is 1. The molecular formula is C30H35F3N6O2. The lowest BCUT2D eigenvalue weighted by molar-refractivity contribution is -0.137. The van der Waals surface area contributed by atoms with Crippen molar-refractivity contribution in [3.8, 4) is 11.9 Å². The van der Waals surface area contributed by atoms with Gasteiger partial charge in [-0.05, 0) is 58.0 Å². The van der Waals surface area contributed by atoms with E-state index in [1.54, 1.807) is 15.9 Å². The summed E-state index contributed by atoms with van der Waals surface area (Å²) in [6.07, 6.45) is -0.717. The third-order valence-corrected chi connectivity index (χ3v) is 8.44. The molecule has 2 atom stereocenters. The number of benzene rings is 1. The zero-order valence-electron chi connectivity index (χ0n) is 23.5. The minimum Gasteiger partial charge on any atom is -0.475 e. The van der Waals surface area contributed by atoms with E-state index in [0.29, 0.717) is 56.2 Å². The summed E-state index contributed by atoms with van der Waals surface area (Å²) in [5.41, 5.74) is 1.93. The maximum atomic E-state index is 13.9. The Morgan fingerprint density at radius 1 is 1.24 bits per heavy atom. The Morgan fingerprint density at radius 3 is 2.68 bits per heavy atom. The molecule has 1 aromatic heterocycles. The minimum absolute atomic E-state index is 0.107. The summed E-state index contributed by atoms with van der Waals surface area (Å²) < 4.78 is 47.8. The molecule has 5 rings (SSSR count). The molecule has 2 fully saturated rings. The van der Waals surface area contributed by atoms with Gasteiger partial charge >= 0.3 is 6.18 Å². The van der Waals surface area contributed by atoms with Crippen molar-refractivity contribution in [2.75, 3.05) is 56.2 Å². The highest BCUT2D eigenvalue weighted by molar-refractivity contribution is 5.87. The maximum Gasteiger partial charge on any atom is 0.418 e. The van der Waals surface area contributed by atoms with Crippen LogP contribution in [-0.4, -0.2) is 79.2 Å². The van der Waals surface area contributed by atoms with Gasteiger partial charge in [-0.15, -0.1) is 0 Å². The SMILES string of the molecule is C=CC(=O)N1CCN(c2c(C#N)c(OCC3CCCN3C)nc3c2CCN(c2ccccc2C(F)(F)F)C3)C(C)C1. The number of nitriles is 1. The molecule has 8 nitrogen and oxygen atoms in total. The van der Waals surface area contributed by atoms with E-state index in [9.17, 15) is 23.2 Å². The molecule has 11 heteroatoms. The Bertz CT molecular complexity index is 1360. The van der Waals surface area contributed by atoms with E-state index < -0.39 is 11.7 Å². The van der Waals surface area contributed by atoms with Gasteiger partial charge in [0.2, 0.25) is 11.8 Å². The van der Waals surface area contributed by atoms with Crippen molar-refractivity contribution in [1.29, 1.82) is 5.26 Å². The summed E-state index contributed by atoms with van der Waals surface area (Å²) in [7, 11) is 2.04. The quantitative estimate of drug-likeness (QED) is 0.483. The lowest BCUT2D eigenvalue weighted by atomic mass is 9.96. The number of hydrogen-bond donors (Lipinski definition) is 0. The number of fused-ring (bicyclic) bond motifs is 1. The molecule has 0 N–H and O–H groups in total. The summed E-state index contributed by atoms with van der Waals surface area (Å²) in [5.74, 6) is 0.0711. The van der Waals surface area contributed by atoms with E-state index in [4.69, 9.17) is 9.72 Å². The van der Waals surface area contributed by atoms with Crippen molar-refractivity contribution < 1.29 is 22.7 Å². The van der Waals surface area contributed by atoms with Crippen LogP contribution in [0.25, 0.3) is 0 Å². The van der Waals surface area contributed by atoms with Gasteiger partial charge in [0.25, 0.3) is 0 Å². The number of para-hydroxylation sites is 1. The van der Waals surface area contributed by atoms with Crippen molar-refractivity contribution >= 4 is 17.3 Å².